The van der Waals surface area contributed by atoms with Crippen LogP contribution in [0.1, 0.15) is 37.0 Å². The van der Waals surface area contributed by atoms with E-state index in [1.54, 1.807) is 24.4 Å². The molecule has 2 aromatic carbocycles. The Kier molecular flexibility index (Phi) is 5.73. The molecule has 3 rings (SSSR count). The summed E-state index contributed by atoms with van der Waals surface area (Å²) >= 11 is 0. The van der Waals surface area contributed by atoms with E-state index < -0.39 is 0 Å². The van der Waals surface area contributed by atoms with Gasteiger partial charge in [-0.25, -0.2) is 0 Å². The van der Waals surface area contributed by atoms with Crippen LogP contribution in [0.5, 0.6) is 11.5 Å². The van der Waals surface area contributed by atoms with Crippen LogP contribution in [0.25, 0.3) is 10.9 Å². The summed E-state index contributed by atoms with van der Waals surface area (Å²) in [4.78, 5) is 12.7. The largest absolute Gasteiger partial charge is 0.490 e. The minimum Gasteiger partial charge on any atom is -0.490 e. The van der Waals surface area contributed by atoms with Crippen molar-refractivity contribution >= 4 is 22.5 Å². The van der Waals surface area contributed by atoms with E-state index in [4.69, 9.17) is 9.47 Å². The Labute approximate surface area is 152 Å². The maximum absolute atomic E-state index is 12.7. The Balaban J connectivity index is 1.83. The second-order valence-electron chi connectivity index (χ2n) is 5.95. The number of amides is 1. The first kappa shape index (κ1) is 17.8. The third-order valence-electron chi connectivity index (χ3n) is 3.85. The van der Waals surface area contributed by atoms with Crippen molar-refractivity contribution in [3.8, 4) is 11.5 Å². The molecule has 0 bridgehead atoms. The standard InChI is InChI=1S/C20H23N3O3/c1-3-10-25-17-9-8-14(12-18(17)26-11-4-2)20(24)22-16-7-5-6-15-13-21-23-19(15)16/h5-9,12-13H,3-4,10-11H2,1-2H3,(H,21,23)(H,22,24). The maximum Gasteiger partial charge on any atom is 0.255 e. The van der Waals surface area contributed by atoms with Crippen molar-refractivity contribution in [2.75, 3.05) is 18.5 Å². The van der Waals surface area contributed by atoms with E-state index in [-0.39, 0.29) is 5.91 Å². The Hall–Kier alpha value is -3.02. The number of hydrogen-bond acceptors (Lipinski definition) is 4. The molecule has 0 aliphatic rings. The fourth-order valence-electron chi connectivity index (χ4n) is 2.57. The molecule has 6 nitrogen and oxygen atoms in total. The van der Waals surface area contributed by atoms with Crippen molar-refractivity contribution < 1.29 is 14.3 Å². The molecule has 6 heteroatoms. The van der Waals surface area contributed by atoms with Crippen LogP contribution in [0.15, 0.2) is 42.6 Å². The molecule has 136 valence electrons. The molecule has 0 unspecified atom stereocenters. The number of anilines is 1. The summed E-state index contributed by atoms with van der Waals surface area (Å²) in [5, 5.41) is 10.8. The van der Waals surface area contributed by atoms with E-state index in [1.165, 1.54) is 0 Å². The Morgan fingerprint density at radius 1 is 1.08 bits per heavy atom. The number of fused-ring (bicyclic) bond motifs is 1. The first-order valence-corrected chi connectivity index (χ1v) is 8.86. The number of para-hydroxylation sites is 1. The topological polar surface area (TPSA) is 76.2 Å². The van der Waals surface area contributed by atoms with Crippen molar-refractivity contribution in [3.05, 3.63) is 48.2 Å². The number of rotatable bonds is 8. The van der Waals surface area contributed by atoms with Crippen LogP contribution in [0.3, 0.4) is 0 Å². The van der Waals surface area contributed by atoms with E-state index in [2.05, 4.69) is 15.5 Å². The zero-order valence-corrected chi connectivity index (χ0v) is 15.0. The highest BCUT2D eigenvalue weighted by atomic mass is 16.5. The lowest BCUT2D eigenvalue weighted by molar-refractivity contribution is 0.102. The van der Waals surface area contributed by atoms with Gasteiger partial charge in [0.05, 0.1) is 30.6 Å². The predicted molar refractivity (Wildman–Crippen MR) is 102 cm³/mol. The zero-order valence-electron chi connectivity index (χ0n) is 15.0. The van der Waals surface area contributed by atoms with Crippen LogP contribution in [0.4, 0.5) is 5.69 Å². The van der Waals surface area contributed by atoms with E-state index >= 15 is 0 Å². The molecule has 0 aliphatic heterocycles. The van der Waals surface area contributed by atoms with Gasteiger partial charge in [-0.2, -0.15) is 5.10 Å². The molecule has 0 aliphatic carbocycles. The third-order valence-corrected chi connectivity index (χ3v) is 3.85. The Bertz CT molecular complexity index is 889. The van der Waals surface area contributed by atoms with E-state index in [9.17, 15) is 4.79 Å². The molecular weight excluding hydrogens is 330 g/mol. The van der Waals surface area contributed by atoms with Gasteiger partial charge in [0.15, 0.2) is 11.5 Å². The smallest absolute Gasteiger partial charge is 0.255 e. The molecule has 1 aromatic heterocycles. The van der Waals surface area contributed by atoms with Crippen molar-refractivity contribution in [2.24, 2.45) is 0 Å². The molecule has 2 N–H and O–H groups in total. The lowest BCUT2D eigenvalue weighted by atomic mass is 10.1. The maximum atomic E-state index is 12.7. The van der Waals surface area contributed by atoms with Gasteiger partial charge in [0, 0.05) is 10.9 Å². The van der Waals surface area contributed by atoms with E-state index in [1.807, 2.05) is 32.0 Å². The van der Waals surface area contributed by atoms with Crippen molar-refractivity contribution in [3.63, 3.8) is 0 Å². The summed E-state index contributed by atoms with van der Waals surface area (Å²) in [5.74, 6) is 1.04. The van der Waals surface area contributed by atoms with E-state index in [0.29, 0.717) is 36.0 Å². The number of H-pyrrole nitrogens is 1. The highest BCUT2D eigenvalue weighted by molar-refractivity contribution is 6.08. The quantitative estimate of drug-likeness (QED) is 0.629. The highest BCUT2D eigenvalue weighted by Crippen LogP contribution is 2.29. The van der Waals surface area contributed by atoms with Gasteiger partial charge >= 0.3 is 0 Å². The van der Waals surface area contributed by atoms with Crippen LogP contribution in [-0.2, 0) is 0 Å². The summed E-state index contributed by atoms with van der Waals surface area (Å²) in [6.45, 7) is 5.26. The lowest BCUT2D eigenvalue weighted by Gasteiger charge is -2.14. The summed E-state index contributed by atoms with van der Waals surface area (Å²) in [7, 11) is 0. The summed E-state index contributed by atoms with van der Waals surface area (Å²) in [5.41, 5.74) is 2.00. The van der Waals surface area contributed by atoms with E-state index in [0.717, 1.165) is 23.7 Å². The average molecular weight is 353 g/mol. The van der Waals surface area contributed by atoms with Crippen LogP contribution in [0.2, 0.25) is 0 Å². The summed E-state index contributed by atoms with van der Waals surface area (Å²) < 4.78 is 11.5. The van der Waals surface area contributed by atoms with Gasteiger partial charge in [-0.3, -0.25) is 9.89 Å². The van der Waals surface area contributed by atoms with Gasteiger partial charge in [0.2, 0.25) is 0 Å². The number of nitrogens with zero attached hydrogens (tertiary/aromatic N) is 1. The molecule has 3 aromatic rings. The highest BCUT2D eigenvalue weighted by Gasteiger charge is 2.13. The normalized spacial score (nSPS) is 10.7. The molecular formula is C20H23N3O3. The fourth-order valence-corrected chi connectivity index (χ4v) is 2.57. The molecule has 0 spiro atoms. The van der Waals surface area contributed by atoms with Crippen molar-refractivity contribution in [1.29, 1.82) is 0 Å². The number of carbonyl (C=O) groups excluding carboxylic acids is 1. The third kappa shape index (κ3) is 3.96. The van der Waals surface area contributed by atoms with Gasteiger partial charge < -0.3 is 14.8 Å². The number of nitrogens with one attached hydrogen (secondary N) is 2. The van der Waals surface area contributed by atoms with Crippen LogP contribution >= 0.6 is 0 Å². The molecule has 0 saturated carbocycles. The molecule has 0 fully saturated rings. The van der Waals surface area contributed by atoms with Gasteiger partial charge in [-0.05, 0) is 37.1 Å². The van der Waals surface area contributed by atoms with Gasteiger partial charge in [-0.15, -0.1) is 0 Å². The molecule has 1 heterocycles. The minimum absolute atomic E-state index is 0.213. The first-order valence-electron chi connectivity index (χ1n) is 8.86. The number of carbonyl (C=O) groups is 1. The Morgan fingerprint density at radius 3 is 2.62 bits per heavy atom. The van der Waals surface area contributed by atoms with Crippen LogP contribution in [0, 0.1) is 0 Å². The summed E-state index contributed by atoms with van der Waals surface area (Å²) in [6, 6.07) is 10.9. The lowest BCUT2D eigenvalue weighted by Crippen LogP contribution is -2.13. The molecule has 0 saturated heterocycles. The molecule has 1 amide bonds. The fraction of sp³-hybridized carbons (Fsp3) is 0.300. The predicted octanol–water partition coefficient (Wildman–Crippen LogP) is 4.39. The number of aromatic nitrogens is 2. The zero-order chi connectivity index (χ0) is 18.4. The average Bonchev–Trinajstić information content (AvgIpc) is 3.14. The number of aromatic amines is 1. The molecule has 0 radical (unpaired) electrons. The minimum atomic E-state index is -0.213. The second kappa shape index (κ2) is 8.38. The number of ether oxygens (including phenoxy) is 2. The second-order valence-corrected chi connectivity index (χ2v) is 5.95. The van der Waals surface area contributed by atoms with Crippen molar-refractivity contribution in [2.45, 2.75) is 26.7 Å². The Morgan fingerprint density at radius 2 is 1.85 bits per heavy atom. The van der Waals surface area contributed by atoms with Crippen molar-refractivity contribution in [1.82, 2.24) is 10.2 Å². The molecule has 0 atom stereocenters. The van der Waals surface area contributed by atoms with Gasteiger partial charge in [0.25, 0.3) is 5.91 Å². The van der Waals surface area contributed by atoms with Crippen LogP contribution < -0.4 is 14.8 Å². The SMILES string of the molecule is CCCOc1ccc(C(=O)Nc2cccc3cn[nH]c23)cc1OCCC. The summed E-state index contributed by atoms with van der Waals surface area (Å²) in [6.07, 6.45) is 3.51. The van der Waals surface area contributed by atoms with Gasteiger partial charge in [-0.1, -0.05) is 26.0 Å². The number of benzene rings is 2. The molecule has 26 heavy (non-hydrogen) atoms. The monoisotopic (exact) mass is 353 g/mol. The number of hydrogen-bond donors (Lipinski definition) is 2. The van der Waals surface area contributed by atoms with Crippen LogP contribution in [-0.4, -0.2) is 29.3 Å². The van der Waals surface area contributed by atoms with Gasteiger partial charge in [0.1, 0.15) is 0 Å². The first-order chi connectivity index (χ1) is 12.7.